The van der Waals surface area contributed by atoms with E-state index in [2.05, 4.69) is 9.99 Å². The summed E-state index contributed by atoms with van der Waals surface area (Å²) in [5.41, 5.74) is 1.35. The highest BCUT2D eigenvalue weighted by Crippen LogP contribution is 2.10. The first kappa shape index (κ1) is 10.2. The first-order valence-corrected chi connectivity index (χ1v) is 4.07. The molecular weight excluding hydrogens is 182 g/mol. The van der Waals surface area contributed by atoms with Crippen LogP contribution >= 0.6 is 0 Å². The number of aromatic carboxylic acids is 1. The van der Waals surface area contributed by atoms with E-state index in [9.17, 15) is 4.79 Å². The van der Waals surface area contributed by atoms with E-state index in [1.54, 1.807) is 25.1 Å². The highest BCUT2D eigenvalue weighted by molar-refractivity contribution is 6.07. The Morgan fingerprint density at radius 3 is 2.43 bits per heavy atom. The molecule has 1 rings (SSSR count). The van der Waals surface area contributed by atoms with Gasteiger partial charge in [0.25, 0.3) is 0 Å². The van der Waals surface area contributed by atoms with Crippen molar-refractivity contribution in [1.29, 1.82) is 0 Å². The van der Waals surface area contributed by atoms with Gasteiger partial charge in [-0.2, -0.15) is 0 Å². The maximum absolute atomic E-state index is 10.8. The number of rotatable bonds is 3. The molecule has 0 amide bonds. The molecule has 0 unspecified atom stereocenters. The Morgan fingerprint density at radius 1 is 1.36 bits per heavy atom. The smallest absolute Gasteiger partial charge is 0.336 e. The summed E-state index contributed by atoms with van der Waals surface area (Å²) in [5, 5.41) is 12.6. The van der Waals surface area contributed by atoms with Gasteiger partial charge in [0.15, 0.2) is 0 Å². The van der Waals surface area contributed by atoms with E-state index in [0.717, 1.165) is 0 Å². The van der Waals surface area contributed by atoms with Crippen molar-refractivity contribution in [2.24, 2.45) is 5.16 Å². The molecule has 0 aliphatic carbocycles. The maximum Gasteiger partial charge on any atom is 0.336 e. The van der Waals surface area contributed by atoms with Gasteiger partial charge in [0.1, 0.15) is 7.11 Å². The number of oxime groups is 1. The van der Waals surface area contributed by atoms with Crippen LogP contribution in [-0.2, 0) is 4.84 Å². The molecule has 74 valence electrons. The number of carboxylic acid groups (broad SMARTS) is 1. The van der Waals surface area contributed by atoms with Gasteiger partial charge in [-0.15, -0.1) is 0 Å². The zero-order valence-electron chi connectivity index (χ0n) is 8.02. The zero-order chi connectivity index (χ0) is 10.6. The van der Waals surface area contributed by atoms with E-state index in [1.807, 2.05) is 0 Å². The number of nitrogens with zero attached hydrogens (tertiary/aromatic N) is 1. The summed E-state index contributed by atoms with van der Waals surface area (Å²) in [6, 6.07) is 6.66. The molecule has 0 aliphatic heterocycles. The summed E-state index contributed by atoms with van der Waals surface area (Å²) in [6.45, 7) is 1.70. The molecule has 14 heavy (non-hydrogen) atoms. The minimum absolute atomic E-state index is 0.228. The van der Waals surface area contributed by atoms with Crippen molar-refractivity contribution in [3.63, 3.8) is 0 Å². The van der Waals surface area contributed by atoms with Crippen LogP contribution in [0.4, 0.5) is 0 Å². The van der Waals surface area contributed by atoms with Crippen LogP contribution < -0.4 is 0 Å². The SMILES string of the molecule is CON=C(C)c1ccccc1C(=O)O. The lowest BCUT2D eigenvalue weighted by atomic mass is 10.0. The standard InChI is InChI=1S/C10H11NO3/c1-7(11-14-2)8-5-3-4-6-9(8)10(12)13/h3-6H,1-2H3,(H,12,13). The molecule has 0 saturated heterocycles. The Balaban J connectivity index is 3.20. The summed E-state index contributed by atoms with van der Waals surface area (Å²) in [5.74, 6) is -0.966. The van der Waals surface area contributed by atoms with Crippen LogP contribution in [0.5, 0.6) is 0 Å². The molecule has 0 saturated carbocycles. The molecule has 0 aromatic heterocycles. The first-order valence-electron chi connectivity index (χ1n) is 4.07. The van der Waals surface area contributed by atoms with Gasteiger partial charge in [0.05, 0.1) is 11.3 Å². The monoisotopic (exact) mass is 193 g/mol. The summed E-state index contributed by atoms with van der Waals surface area (Å²) >= 11 is 0. The molecule has 0 bridgehead atoms. The highest BCUT2D eigenvalue weighted by atomic mass is 16.6. The summed E-state index contributed by atoms with van der Waals surface area (Å²) in [6.07, 6.45) is 0. The van der Waals surface area contributed by atoms with E-state index in [1.165, 1.54) is 13.2 Å². The van der Waals surface area contributed by atoms with Crippen molar-refractivity contribution in [2.75, 3.05) is 7.11 Å². The van der Waals surface area contributed by atoms with Gasteiger partial charge in [-0.1, -0.05) is 23.4 Å². The fraction of sp³-hybridized carbons (Fsp3) is 0.200. The van der Waals surface area contributed by atoms with Crippen molar-refractivity contribution in [3.8, 4) is 0 Å². The molecule has 1 aromatic carbocycles. The number of carbonyl (C=O) groups is 1. The third kappa shape index (κ3) is 2.10. The van der Waals surface area contributed by atoms with E-state index in [-0.39, 0.29) is 5.56 Å². The maximum atomic E-state index is 10.8. The van der Waals surface area contributed by atoms with Gasteiger partial charge in [0, 0.05) is 5.56 Å². The lowest BCUT2D eigenvalue weighted by Gasteiger charge is -2.03. The van der Waals surface area contributed by atoms with Crippen molar-refractivity contribution < 1.29 is 14.7 Å². The lowest BCUT2D eigenvalue weighted by molar-refractivity contribution is 0.0696. The van der Waals surface area contributed by atoms with Crippen LogP contribution in [0, 0.1) is 0 Å². The topological polar surface area (TPSA) is 58.9 Å². The first-order chi connectivity index (χ1) is 6.66. The normalized spacial score (nSPS) is 11.1. The van der Waals surface area contributed by atoms with Crippen molar-refractivity contribution in [2.45, 2.75) is 6.92 Å². The van der Waals surface area contributed by atoms with Gasteiger partial charge in [-0.05, 0) is 13.0 Å². The Kier molecular flexibility index (Phi) is 3.23. The van der Waals surface area contributed by atoms with Crippen LogP contribution in [0.15, 0.2) is 29.4 Å². The van der Waals surface area contributed by atoms with Gasteiger partial charge in [-0.25, -0.2) is 4.79 Å². The average Bonchev–Trinajstić information content (AvgIpc) is 2.18. The third-order valence-electron chi connectivity index (χ3n) is 1.78. The molecule has 1 aromatic rings. The second-order valence-electron chi connectivity index (χ2n) is 2.71. The molecule has 0 radical (unpaired) electrons. The average molecular weight is 193 g/mol. The Morgan fingerprint density at radius 2 is 1.93 bits per heavy atom. The molecule has 0 fully saturated rings. The van der Waals surface area contributed by atoms with Gasteiger partial charge in [0.2, 0.25) is 0 Å². The number of benzene rings is 1. The lowest BCUT2D eigenvalue weighted by Crippen LogP contribution is -2.06. The Bertz CT molecular complexity index is 371. The van der Waals surface area contributed by atoms with Crippen molar-refractivity contribution in [1.82, 2.24) is 0 Å². The fourth-order valence-electron chi connectivity index (χ4n) is 1.17. The number of carboxylic acids is 1. The third-order valence-corrected chi connectivity index (χ3v) is 1.78. The number of hydrogen-bond acceptors (Lipinski definition) is 3. The number of hydrogen-bond donors (Lipinski definition) is 1. The minimum atomic E-state index is -0.966. The summed E-state index contributed by atoms with van der Waals surface area (Å²) in [7, 11) is 1.42. The van der Waals surface area contributed by atoms with Crippen LogP contribution in [-0.4, -0.2) is 23.9 Å². The minimum Gasteiger partial charge on any atom is -0.478 e. The van der Waals surface area contributed by atoms with Gasteiger partial charge >= 0.3 is 5.97 Å². The molecular formula is C10H11NO3. The molecule has 4 nitrogen and oxygen atoms in total. The quantitative estimate of drug-likeness (QED) is 0.587. The van der Waals surface area contributed by atoms with Crippen molar-refractivity contribution in [3.05, 3.63) is 35.4 Å². The second kappa shape index (κ2) is 4.41. The van der Waals surface area contributed by atoms with E-state index >= 15 is 0 Å². The molecule has 0 heterocycles. The van der Waals surface area contributed by atoms with E-state index in [0.29, 0.717) is 11.3 Å². The molecule has 4 heteroatoms. The van der Waals surface area contributed by atoms with E-state index < -0.39 is 5.97 Å². The predicted octanol–water partition coefficient (Wildman–Crippen LogP) is 1.76. The van der Waals surface area contributed by atoms with Crippen LogP contribution in [0.2, 0.25) is 0 Å². The summed E-state index contributed by atoms with van der Waals surface area (Å²) < 4.78 is 0. The Labute approximate surface area is 81.8 Å². The molecule has 1 N–H and O–H groups in total. The largest absolute Gasteiger partial charge is 0.478 e. The van der Waals surface area contributed by atoms with Crippen molar-refractivity contribution >= 4 is 11.7 Å². The van der Waals surface area contributed by atoms with Crippen LogP contribution in [0.25, 0.3) is 0 Å². The van der Waals surface area contributed by atoms with Gasteiger partial charge in [-0.3, -0.25) is 0 Å². The van der Waals surface area contributed by atoms with Gasteiger partial charge < -0.3 is 9.94 Å². The Hall–Kier alpha value is -1.84. The zero-order valence-corrected chi connectivity index (χ0v) is 8.02. The molecule has 0 spiro atoms. The molecule has 0 aliphatic rings. The second-order valence-corrected chi connectivity index (χ2v) is 2.71. The fourth-order valence-corrected chi connectivity index (χ4v) is 1.17. The molecule has 0 atom stereocenters. The van der Waals surface area contributed by atoms with Crippen LogP contribution in [0.1, 0.15) is 22.8 Å². The summed E-state index contributed by atoms with van der Waals surface area (Å²) in [4.78, 5) is 15.4. The predicted molar refractivity (Wildman–Crippen MR) is 52.6 cm³/mol. The van der Waals surface area contributed by atoms with E-state index in [4.69, 9.17) is 5.11 Å². The van der Waals surface area contributed by atoms with Crippen LogP contribution in [0.3, 0.4) is 0 Å². The highest BCUT2D eigenvalue weighted by Gasteiger charge is 2.10.